The number of carbonyl (C=O) groups is 1. The maximum atomic E-state index is 12.0. The Hall–Kier alpha value is -3.21. The second-order valence-corrected chi connectivity index (χ2v) is 4.87. The first-order valence-corrected chi connectivity index (χ1v) is 7.14. The normalized spacial score (nSPS) is 10.1. The number of nitrogens with one attached hydrogen (secondary N) is 1. The number of aromatic nitrogens is 2. The van der Waals surface area contributed by atoms with Crippen LogP contribution in [0.15, 0.2) is 73.3 Å². The SMILES string of the molecule is O=C(Nc1ccc(OCc2cccnc2)cc1)c1cccnc1. The molecule has 0 saturated carbocycles. The van der Waals surface area contributed by atoms with Gasteiger partial charge in [0.05, 0.1) is 5.56 Å². The highest BCUT2D eigenvalue weighted by Crippen LogP contribution is 2.17. The average molecular weight is 305 g/mol. The number of amides is 1. The molecule has 1 N–H and O–H groups in total. The van der Waals surface area contributed by atoms with Crippen molar-refractivity contribution in [3.05, 3.63) is 84.4 Å². The Kier molecular flexibility index (Phi) is 4.59. The van der Waals surface area contributed by atoms with E-state index in [9.17, 15) is 4.79 Å². The molecule has 1 aromatic carbocycles. The lowest BCUT2D eigenvalue weighted by atomic mass is 10.2. The number of benzene rings is 1. The van der Waals surface area contributed by atoms with Crippen LogP contribution in [0.25, 0.3) is 0 Å². The van der Waals surface area contributed by atoms with Gasteiger partial charge in [0.2, 0.25) is 0 Å². The molecule has 0 aliphatic carbocycles. The Balaban J connectivity index is 1.58. The molecular weight excluding hydrogens is 290 g/mol. The Morgan fingerprint density at radius 1 is 0.957 bits per heavy atom. The van der Waals surface area contributed by atoms with Gasteiger partial charge < -0.3 is 10.1 Å². The van der Waals surface area contributed by atoms with Gasteiger partial charge in [-0.15, -0.1) is 0 Å². The fourth-order valence-corrected chi connectivity index (χ4v) is 1.99. The minimum Gasteiger partial charge on any atom is -0.489 e. The minimum absolute atomic E-state index is 0.192. The van der Waals surface area contributed by atoms with Crippen molar-refractivity contribution in [1.29, 1.82) is 0 Å². The topological polar surface area (TPSA) is 64.1 Å². The summed E-state index contributed by atoms with van der Waals surface area (Å²) in [5.41, 5.74) is 2.22. The van der Waals surface area contributed by atoms with Crippen LogP contribution < -0.4 is 10.1 Å². The highest BCUT2D eigenvalue weighted by molar-refractivity contribution is 6.04. The monoisotopic (exact) mass is 305 g/mol. The Labute approximate surface area is 134 Å². The molecule has 1 amide bonds. The second kappa shape index (κ2) is 7.17. The van der Waals surface area contributed by atoms with Crippen molar-refractivity contribution in [3.63, 3.8) is 0 Å². The average Bonchev–Trinajstić information content (AvgIpc) is 2.63. The van der Waals surface area contributed by atoms with Crippen LogP contribution in [-0.4, -0.2) is 15.9 Å². The van der Waals surface area contributed by atoms with E-state index in [0.29, 0.717) is 17.9 Å². The summed E-state index contributed by atoms with van der Waals surface area (Å²) in [6, 6.07) is 14.5. The van der Waals surface area contributed by atoms with Gasteiger partial charge in [0.25, 0.3) is 5.91 Å². The summed E-state index contributed by atoms with van der Waals surface area (Å²) < 4.78 is 5.67. The summed E-state index contributed by atoms with van der Waals surface area (Å²) in [7, 11) is 0. The zero-order valence-electron chi connectivity index (χ0n) is 12.3. The lowest BCUT2D eigenvalue weighted by Gasteiger charge is -2.08. The summed E-state index contributed by atoms with van der Waals surface area (Å²) >= 11 is 0. The standard InChI is InChI=1S/C18H15N3O2/c22-18(15-4-2-10-20-12-15)21-16-5-7-17(8-6-16)23-13-14-3-1-9-19-11-14/h1-12H,13H2,(H,21,22). The molecule has 114 valence electrons. The van der Waals surface area contributed by atoms with Gasteiger partial charge in [0.15, 0.2) is 0 Å². The van der Waals surface area contributed by atoms with Crippen LogP contribution in [0.3, 0.4) is 0 Å². The lowest BCUT2D eigenvalue weighted by Crippen LogP contribution is -2.11. The Bertz CT molecular complexity index is 759. The predicted molar refractivity (Wildman–Crippen MR) is 87.2 cm³/mol. The van der Waals surface area contributed by atoms with Gasteiger partial charge in [-0.2, -0.15) is 0 Å². The molecule has 3 rings (SSSR count). The maximum Gasteiger partial charge on any atom is 0.257 e. The first kappa shape index (κ1) is 14.7. The second-order valence-electron chi connectivity index (χ2n) is 4.87. The van der Waals surface area contributed by atoms with E-state index >= 15 is 0 Å². The molecule has 5 nitrogen and oxygen atoms in total. The van der Waals surface area contributed by atoms with Crippen molar-refractivity contribution in [2.24, 2.45) is 0 Å². The molecule has 0 bridgehead atoms. The number of pyridine rings is 2. The van der Waals surface area contributed by atoms with Crippen LogP contribution in [0.4, 0.5) is 5.69 Å². The molecule has 2 aromatic heterocycles. The molecule has 0 radical (unpaired) electrons. The van der Waals surface area contributed by atoms with E-state index in [0.717, 1.165) is 11.3 Å². The molecule has 0 atom stereocenters. The Morgan fingerprint density at radius 3 is 2.35 bits per heavy atom. The molecule has 0 aliphatic heterocycles. The van der Waals surface area contributed by atoms with Gasteiger partial charge in [-0.05, 0) is 42.5 Å². The number of ether oxygens (including phenoxy) is 1. The molecule has 0 saturated heterocycles. The third-order valence-electron chi connectivity index (χ3n) is 3.16. The van der Waals surface area contributed by atoms with Crippen molar-refractivity contribution in [3.8, 4) is 5.75 Å². The number of rotatable bonds is 5. The van der Waals surface area contributed by atoms with Gasteiger partial charge in [-0.1, -0.05) is 6.07 Å². The lowest BCUT2D eigenvalue weighted by molar-refractivity contribution is 0.102. The fraction of sp³-hybridized carbons (Fsp3) is 0.0556. The highest BCUT2D eigenvalue weighted by atomic mass is 16.5. The van der Waals surface area contributed by atoms with Crippen molar-refractivity contribution in [2.75, 3.05) is 5.32 Å². The van der Waals surface area contributed by atoms with E-state index in [1.807, 2.05) is 24.3 Å². The maximum absolute atomic E-state index is 12.0. The molecule has 3 aromatic rings. The van der Waals surface area contributed by atoms with Crippen LogP contribution in [0, 0.1) is 0 Å². The largest absolute Gasteiger partial charge is 0.489 e. The van der Waals surface area contributed by atoms with E-state index in [4.69, 9.17) is 4.74 Å². The first-order valence-electron chi connectivity index (χ1n) is 7.14. The van der Waals surface area contributed by atoms with Crippen LogP contribution in [0.1, 0.15) is 15.9 Å². The molecule has 0 spiro atoms. The molecule has 23 heavy (non-hydrogen) atoms. The van der Waals surface area contributed by atoms with E-state index in [2.05, 4.69) is 15.3 Å². The van der Waals surface area contributed by atoms with E-state index in [-0.39, 0.29) is 5.91 Å². The van der Waals surface area contributed by atoms with E-state index in [1.54, 1.807) is 42.9 Å². The quantitative estimate of drug-likeness (QED) is 0.785. The first-order chi connectivity index (χ1) is 11.3. The third-order valence-corrected chi connectivity index (χ3v) is 3.16. The number of anilines is 1. The van der Waals surface area contributed by atoms with Crippen molar-refractivity contribution in [2.45, 2.75) is 6.61 Å². The summed E-state index contributed by atoms with van der Waals surface area (Å²) in [5, 5.41) is 2.81. The van der Waals surface area contributed by atoms with Gasteiger partial charge in [-0.25, -0.2) is 0 Å². The van der Waals surface area contributed by atoms with Crippen LogP contribution in [-0.2, 0) is 6.61 Å². The minimum atomic E-state index is -0.192. The van der Waals surface area contributed by atoms with Crippen molar-refractivity contribution in [1.82, 2.24) is 9.97 Å². The van der Waals surface area contributed by atoms with E-state index in [1.165, 1.54) is 6.20 Å². The number of nitrogens with zero attached hydrogens (tertiary/aromatic N) is 2. The van der Waals surface area contributed by atoms with Crippen LogP contribution >= 0.6 is 0 Å². The smallest absolute Gasteiger partial charge is 0.257 e. The van der Waals surface area contributed by atoms with Crippen molar-refractivity contribution >= 4 is 11.6 Å². The van der Waals surface area contributed by atoms with Crippen molar-refractivity contribution < 1.29 is 9.53 Å². The van der Waals surface area contributed by atoms with E-state index < -0.39 is 0 Å². The zero-order chi connectivity index (χ0) is 15.9. The number of hydrogen-bond acceptors (Lipinski definition) is 4. The van der Waals surface area contributed by atoms with Gasteiger partial charge in [0.1, 0.15) is 12.4 Å². The van der Waals surface area contributed by atoms with Gasteiger partial charge in [0, 0.05) is 36.0 Å². The summed E-state index contributed by atoms with van der Waals surface area (Å²) in [6.45, 7) is 0.454. The Morgan fingerprint density at radius 2 is 1.70 bits per heavy atom. The fourth-order valence-electron chi connectivity index (χ4n) is 1.99. The summed E-state index contributed by atoms with van der Waals surface area (Å²) in [5.74, 6) is 0.537. The highest BCUT2D eigenvalue weighted by Gasteiger charge is 2.05. The molecule has 0 fully saturated rings. The molecule has 0 aliphatic rings. The summed E-state index contributed by atoms with van der Waals surface area (Å²) in [6.07, 6.45) is 6.65. The van der Waals surface area contributed by atoms with Crippen LogP contribution in [0.2, 0.25) is 0 Å². The molecular formula is C18H15N3O2. The zero-order valence-corrected chi connectivity index (χ0v) is 12.3. The van der Waals surface area contributed by atoms with Gasteiger partial charge in [-0.3, -0.25) is 14.8 Å². The molecule has 2 heterocycles. The predicted octanol–water partition coefficient (Wildman–Crippen LogP) is 3.31. The third kappa shape index (κ3) is 4.14. The number of hydrogen-bond donors (Lipinski definition) is 1. The molecule has 0 unspecified atom stereocenters. The van der Waals surface area contributed by atoms with Crippen LogP contribution in [0.5, 0.6) is 5.75 Å². The summed E-state index contributed by atoms with van der Waals surface area (Å²) in [4.78, 5) is 20.0. The van der Waals surface area contributed by atoms with Gasteiger partial charge >= 0.3 is 0 Å². The number of carbonyl (C=O) groups excluding carboxylic acids is 1. The molecule has 5 heteroatoms.